The largest absolute Gasteiger partial charge is 0.453 e. The number of benzene rings is 1. The van der Waals surface area contributed by atoms with Crippen molar-refractivity contribution in [1.82, 2.24) is 9.62 Å². The summed E-state index contributed by atoms with van der Waals surface area (Å²) in [5.74, 6) is 0. The van der Waals surface area contributed by atoms with E-state index in [1.54, 1.807) is 0 Å². The molecule has 0 aromatic heterocycles. The summed E-state index contributed by atoms with van der Waals surface area (Å²) >= 11 is 15.2. The molecule has 1 aliphatic heterocycles. The Bertz CT molecular complexity index is 683. The van der Waals surface area contributed by atoms with Crippen LogP contribution in [0, 0.1) is 0 Å². The lowest BCUT2D eigenvalue weighted by atomic mass is 10.1. The number of ether oxygens (including phenoxy) is 1. The number of carbonyl (C=O) groups excluding carboxylic acids is 1. The first-order valence-corrected chi connectivity index (χ1v) is 9.77. The summed E-state index contributed by atoms with van der Waals surface area (Å²) in [7, 11) is -2.54. The van der Waals surface area contributed by atoms with Gasteiger partial charge >= 0.3 is 6.09 Å². The van der Waals surface area contributed by atoms with Crippen LogP contribution in [0.15, 0.2) is 21.5 Å². The number of likely N-dealkylation sites (tertiary alicyclic amines) is 1. The predicted molar refractivity (Wildman–Crippen MR) is 91.5 cm³/mol. The topological polar surface area (TPSA) is 75.7 Å². The van der Waals surface area contributed by atoms with E-state index < -0.39 is 16.1 Å². The fourth-order valence-corrected chi connectivity index (χ4v) is 5.61. The molecule has 1 N–H and O–H groups in total. The predicted octanol–water partition coefficient (Wildman–Crippen LogP) is 3.27. The molecular formula is C13H15BrCl2N2O4S. The molecule has 0 atom stereocenters. The van der Waals surface area contributed by atoms with E-state index in [4.69, 9.17) is 23.2 Å². The van der Waals surface area contributed by atoms with Gasteiger partial charge in [0.15, 0.2) is 0 Å². The van der Waals surface area contributed by atoms with Crippen molar-refractivity contribution in [2.75, 3.05) is 20.2 Å². The molecular weight excluding hydrogens is 431 g/mol. The molecule has 1 aromatic carbocycles. The van der Waals surface area contributed by atoms with Crippen LogP contribution in [0.2, 0.25) is 10.0 Å². The second kappa shape index (κ2) is 7.57. The van der Waals surface area contributed by atoms with E-state index >= 15 is 0 Å². The lowest BCUT2D eigenvalue weighted by Crippen LogP contribution is -2.46. The molecule has 1 heterocycles. The molecule has 0 radical (unpaired) electrons. The lowest BCUT2D eigenvalue weighted by molar-refractivity contribution is 0.111. The van der Waals surface area contributed by atoms with Crippen LogP contribution in [-0.2, 0) is 14.8 Å². The minimum atomic E-state index is -3.85. The number of methoxy groups -OCH3 is 1. The first-order chi connectivity index (χ1) is 10.7. The summed E-state index contributed by atoms with van der Waals surface area (Å²) in [5.41, 5.74) is 0. The second-order valence-corrected chi connectivity index (χ2v) is 8.43. The maximum atomic E-state index is 12.5. The quantitative estimate of drug-likeness (QED) is 0.774. The van der Waals surface area contributed by atoms with Crippen molar-refractivity contribution in [2.45, 2.75) is 23.8 Å². The van der Waals surface area contributed by atoms with E-state index in [2.05, 4.69) is 25.4 Å². The van der Waals surface area contributed by atoms with Crippen LogP contribution in [0.5, 0.6) is 0 Å². The molecule has 1 saturated heterocycles. The van der Waals surface area contributed by atoms with Crippen LogP contribution in [-0.4, -0.2) is 45.7 Å². The van der Waals surface area contributed by atoms with E-state index in [1.165, 1.54) is 24.1 Å². The number of nitrogens with one attached hydrogen (secondary N) is 1. The second-order valence-electron chi connectivity index (χ2n) is 5.05. The lowest BCUT2D eigenvalue weighted by Gasteiger charge is -2.31. The monoisotopic (exact) mass is 444 g/mol. The van der Waals surface area contributed by atoms with E-state index in [9.17, 15) is 13.2 Å². The third-order valence-electron chi connectivity index (χ3n) is 3.48. The minimum absolute atomic E-state index is 0.0453. The van der Waals surface area contributed by atoms with Gasteiger partial charge in [0.2, 0.25) is 10.0 Å². The summed E-state index contributed by atoms with van der Waals surface area (Å²) in [6, 6.07) is 2.65. The first-order valence-electron chi connectivity index (χ1n) is 6.74. The van der Waals surface area contributed by atoms with Gasteiger partial charge in [0.25, 0.3) is 0 Å². The molecule has 1 aromatic rings. The molecule has 128 valence electrons. The Morgan fingerprint density at radius 1 is 1.30 bits per heavy atom. The molecule has 0 spiro atoms. The van der Waals surface area contributed by atoms with Crippen molar-refractivity contribution in [3.05, 3.63) is 26.7 Å². The van der Waals surface area contributed by atoms with Crippen molar-refractivity contribution in [3.8, 4) is 0 Å². The summed E-state index contributed by atoms with van der Waals surface area (Å²) in [4.78, 5) is 12.8. The smallest absolute Gasteiger partial charge is 0.409 e. The summed E-state index contributed by atoms with van der Waals surface area (Å²) < 4.78 is 32.9. The molecule has 1 aliphatic rings. The SMILES string of the molecule is COC(=O)N1CCC(NS(=O)(=O)c2c(Cl)cc(Br)cc2Cl)CC1. The molecule has 2 rings (SSSR count). The molecule has 1 fully saturated rings. The van der Waals surface area contributed by atoms with Crippen molar-refractivity contribution in [1.29, 1.82) is 0 Å². The Morgan fingerprint density at radius 2 is 1.83 bits per heavy atom. The maximum Gasteiger partial charge on any atom is 0.409 e. The number of amides is 1. The van der Waals surface area contributed by atoms with Crippen LogP contribution in [0.4, 0.5) is 4.79 Å². The normalized spacial score (nSPS) is 16.4. The zero-order chi connectivity index (χ0) is 17.2. The number of halogens is 3. The first kappa shape index (κ1) is 18.8. The molecule has 23 heavy (non-hydrogen) atoms. The fourth-order valence-electron chi connectivity index (χ4n) is 2.37. The molecule has 6 nitrogen and oxygen atoms in total. The molecule has 0 unspecified atom stereocenters. The van der Waals surface area contributed by atoms with Crippen molar-refractivity contribution in [2.24, 2.45) is 0 Å². The summed E-state index contributed by atoms with van der Waals surface area (Å²) in [6.45, 7) is 0.837. The van der Waals surface area contributed by atoms with E-state index in [0.29, 0.717) is 30.4 Å². The van der Waals surface area contributed by atoms with E-state index in [-0.39, 0.29) is 21.0 Å². The Balaban J connectivity index is 2.10. The average Bonchev–Trinajstić information content (AvgIpc) is 2.45. The Morgan fingerprint density at radius 3 is 2.30 bits per heavy atom. The third kappa shape index (κ3) is 4.51. The van der Waals surface area contributed by atoms with Gasteiger partial charge in [-0.25, -0.2) is 17.9 Å². The van der Waals surface area contributed by atoms with Crippen molar-refractivity contribution >= 4 is 55.2 Å². The molecule has 0 aliphatic carbocycles. The van der Waals surface area contributed by atoms with Crippen molar-refractivity contribution in [3.63, 3.8) is 0 Å². The molecule has 0 saturated carbocycles. The number of hydrogen-bond donors (Lipinski definition) is 1. The Hall–Kier alpha value is -0.540. The van der Waals surface area contributed by atoms with E-state index in [1.807, 2.05) is 0 Å². The number of piperidine rings is 1. The van der Waals surface area contributed by atoms with Gasteiger partial charge in [-0.3, -0.25) is 0 Å². The van der Waals surface area contributed by atoms with E-state index in [0.717, 1.165) is 0 Å². The number of sulfonamides is 1. The van der Waals surface area contributed by atoms with Gasteiger partial charge in [0.05, 0.1) is 17.2 Å². The highest BCUT2D eigenvalue weighted by molar-refractivity contribution is 9.10. The van der Waals surface area contributed by atoms with Gasteiger partial charge in [-0.05, 0) is 25.0 Å². The maximum absolute atomic E-state index is 12.5. The average molecular weight is 446 g/mol. The summed E-state index contributed by atoms with van der Waals surface area (Å²) in [5, 5.41) is 0.0905. The van der Waals surface area contributed by atoms with Gasteiger partial charge in [0.1, 0.15) is 4.90 Å². The zero-order valence-corrected chi connectivity index (χ0v) is 16.1. The van der Waals surface area contributed by atoms with Gasteiger partial charge in [-0.1, -0.05) is 39.1 Å². The fraction of sp³-hybridized carbons (Fsp3) is 0.462. The highest BCUT2D eigenvalue weighted by Gasteiger charge is 2.29. The Kier molecular flexibility index (Phi) is 6.18. The van der Waals surface area contributed by atoms with Gasteiger partial charge < -0.3 is 9.64 Å². The van der Waals surface area contributed by atoms with Crippen LogP contribution < -0.4 is 4.72 Å². The van der Waals surface area contributed by atoms with Crippen LogP contribution in [0.3, 0.4) is 0 Å². The van der Waals surface area contributed by atoms with Gasteiger partial charge in [-0.15, -0.1) is 0 Å². The third-order valence-corrected chi connectivity index (χ3v) is 6.38. The zero-order valence-electron chi connectivity index (χ0n) is 12.2. The molecule has 0 bridgehead atoms. The molecule has 1 amide bonds. The number of hydrogen-bond acceptors (Lipinski definition) is 4. The van der Waals surface area contributed by atoms with Gasteiger partial charge in [-0.2, -0.15) is 0 Å². The number of rotatable bonds is 3. The Labute approximate surface area is 153 Å². The highest BCUT2D eigenvalue weighted by atomic mass is 79.9. The highest BCUT2D eigenvalue weighted by Crippen LogP contribution is 2.33. The standard InChI is InChI=1S/C13H15BrCl2N2O4S/c1-22-13(19)18-4-2-9(3-5-18)17-23(20,21)12-10(15)6-8(14)7-11(12)16/h6-7,9,17H,2-5H2,1H3. The van der Waals surface area contributed by atoms with Crippen LogP contribution >= 0.6 is 39.1 Å². The number of carbonyl (C=O) groups is 1. The van der Waals surface area contributed by atoms with Gasteiger partial charge in [0, 0.05) is 23.6 Å². The summed E-state index contributed by atoms with van der Waals surface area (Å²) in [6.07, 6.45) is 0.561. The minimum Gasteiger partial charge on any atom is -0.453 e. The number of nitrogens with zero attached hydrogens (tertiary/aromatic N) is 1. The van der Waals surface area contributed by atoms with Crippen molar-refractivity contribution < 1.29 is 17.9 Å². The molecule has 10 heteroatoms. The van der Waals surface area contributed by atoms with Crippen LogP contribution in [0.25, 0.3) is 0 Å². The van der Waals surface area contributed by atoms with Crippen LogP contribution in [0.1, 0.15) is 12.8 Å².